The first-order chi connectivity index (χ1) is 9.58. The van der Waals surface area contributed by atoms with Gasteiger partial charge < -0.3 is 0 Å². The van der Waals surface area contributed by atoms with Crippen molar-refractivity contribution < 1.29 is 19.4 Å². The third-order valence-corrected chi connectivity index (χ3v) is 6.68. The molecule has 0 spiro atoms. The van der Waals surface area contributed by atoms with Crippen molar-refractivity contribution in [3.8, 4) is 0 Å². The summed E-state index contributed by atoms with van der Waals surface area (Å²) in [5.41, 5.74) is 0. The zero-order valence-corrected chi connectivity index (χ0v) is 18.3. The van der Waals surface area contributed by atoms with Gasteiger partial charge in [0.15, 0.2) is 0 Å². The topological polar surface area (TPSA) is 36.9 Å². The van der Waals surface area contributed by atoms with E-state index in [9.17, 15) is 0 Å². The predicted molar refractivity (Wildman–Crippen MR) is 94.1 cm³/mol. The minimum atomic E-state index is 0.684. The predicted octanol–water partition coefficient (Wildman–Crippen LogP) is 4.42. The van der Waals surface area contributed by atoms with Crippen LogP contribution in [0, 0.1) is 3.80 Å². The number of aromatic nitrogens is 3. The van der Waals surface area contributed by atoms with Crippen molar-refractivity contribution in [2.45, 2.75) is 63.3 Å². The molecule has 2 saturated carbocycles. The second kappa shape index (κ2) is 8.77. The molecule has 1 N–H and O–H groups in total. The summed E-state index contributed by atoms with van der Waals surface area (Å²) in [7, 11) is 1.99. The maximum atomic E-state index is 4.49. The van der Waals surface area contributed by atoms with Gasteiger partial charge in [0.2, 0.25) is 0 Å². The smallest absolute Gasteiger partial charge is 0.0311 e. The van der Waals surface area contributed by atoms with Crippen LogP contribution >= 0.6 is 45.7 Å². The van der Waals surface area contributed by atoms with Crippen LogP contribution in [-0.4, -0.2) is 22.1 Å². The van der Waals surface area contributed by atoms with Crippen LogP contribution in [-0.2, 0) is 26.4 Å². The molecule has 2 fully saturated rings. The van der Waals surface area contributed by atoms with Crippen LogP contribution in [0.1, 0.15) is 63.1 Å². The van der Waals surface area contributed by atoms with Gasteiger partial charge in [-0.3, -0.25) is 0 Å². The van der Waals surface area contributed by atoms with Crippen molar-refractivity contribution in [3.63, 3.8) is 0 Å². The molecule has 3 rings (SSSR count). The molecule has 1 aromatic rings. The number of hydrogen-bond acceptors (Lipinski definition) is 2. The van der Waals surface area contributed by atoms with Crippen molar-refractivity contribution in [3.05, 3.63) is 9.63 Å². The number of hydrogen-bond donors (Lipinski definition) is 1. The van der Waals surface area contributed by atoms with Crippen molar-refractivity contribution in [2.75, 3.05) is 0 Å². The van der Waals surface area contributed by atoms with E-state index in [-0.39, 0.29) is 0 Å². The van der Waals surface area contributed by atoms with E-state index in [0.29, 0.717) is 5.92 Å². The first kappa shape index (κ1) is 17.6. The van der Waals surface area contributed by atoms with Gasteiger partial charge in [0.1, 0.15) is 0 Å². The Balaban J connectivity index is 0.000000178. The molecule has 0 atom stereocenters. The number of aromatic amines is 1. The van der Waals surface area contributed by atoms with Crippen LogP contribution in [0.2, 0.25) is 0 Å². The molecule has 2 aliphatic rings. The molecule has 1 heterocycles. The Hall–Kier alpha value is 1.25. The Labute approximate surface area is 159 Å². The van der Waals surface area contributed by atoms with Crippen LogP contribution < -0.4 is 0 Å². The molecule has 4 nitrogen and oxygen atoms in total. The molecule has 0 bridgehead atoms. The Bertz CT molecular complexity index is 461. The largest absolute Gasteiger partial charge is 0.185 e. The summed E-state index contributed by atoms with van der Waals surface area (Å²) in [4.78, 5) is 3.35. The molecule has 0 aliphatic heterocycles. The number of nitrogens with zero attached hydrogens (tertiary/aromatic N) is 3. The average Bonchev–Trinajstić information content (AvgIpc) is 2.69. The standard InChI is InChI=1S/C9H15N3.C4H7I2N.Pt/c1-12-7-10-9(11-12)8-5-3-2-4-6-8;5-7(6)4-2-1-3-4;/h8H,2-6H2,1H3,(H,10,11);4H,1-3H2;. The van der Waals surface area contributed by atoms with Crippen molar-refractivity contribution in [1.82, 2.24) is 16.1 Å². The third kappa shape index (κ3) is 5.16. The van der Waals surface area contributed by atoms with Crippen LogP contribution in [0.3, 0.4) is 0 Å². The van der Waals surface area contributed by atoms with Gasteiger partial charge in [0, 0.05) is 51.8 Å². The first-order valence-corrected chi connectivity index (χ1v) is 10.3. The third-order valence-electron chi connectivity index (χ3n) is 4.09. The second-order valence-corrected chi connectivity index (χ2v) is 10.6. The summed E-state index contributed by atoms with van der Waals surface area (Å²) in [6.07, 6.45) is 11.0. The summed E-state index contributed by atoms with van der Waals surface area (Å²) in [6.45, 7) is 0. The fraction of sp³-hybridized carbons (Fsp3) is 0.846. The monoisotopic (exact) mass is 683 g/mol. The van der Waals surface area contributed by atoms with E-state index < -0.39 is 0 Å². The number of rotatable bonds is 2. The van der Waals surface area contributed by atoms with Crippen molar-refractivity contribution in [1.29, 1.82) is 0 Å². The van der Waals surface area contributed by atoms with E-state index in [1.54, 1.807) is 0 Å². The van der Waals surface area contributed by atoms with Gasteiger partial charge in [-0.1, -0.05) is 6.42 Å². The fourth-order valence-corrected chi connectivity index (χ4v) is 4.07. The van der Waals surface area contributed by atoms with Crippen LogP contribution in [0.5, 0.6) is 0 Å². The van der Waals surface area contributed by atoms with Crippen molar-refractivity contribution >= 4 is 45.7 Å². The maximum Gasteiger partial charge on any atom is 0.0311 e. The number of halogens is 2. The van der Waals surface area contributed by atoms with Crippen LogP contribution in [0.4, 0.5) is 0 Å². The van der Waals surface area contributed by atoms with Gasteiger partial charge in [-0.05, 0) is 12.8 Å². The Morgan fingerprint density at radius 2 is 1.80 bits per heavy atom. The van der Waals surface area contributed by atoms with Crippen molar-refractivity contribution in [2.24, 2.45) is 7.05 Å². The molecule has 0 saturated heterocycles. The van der Waals surface area contributed by atoms with Gasteiger partial charge in [-0.15, -0.1) is 0 Å². The van der Waals surface area contributed by atoms with E-state index >= 15 is 0 Å². The van der Waals surface area contributed by atoms with Gasteiger partial charge in [-0.25, -0.2) is 0 Å². The summed E-state index contributed by atoms with van der Waals surface area (Å²) in [5.74, 6) is 1.87. The zero-order valence-electron chi connectivity index (χ0n) is 11.7. The van der Waals surface area contributed by atoms with Gasteiger partial charge in [-0.2, -0.15) is 1.33 Å². The van der Waals surface area contributed by atoms with E-state index in [4.69, 9.17) is 0 Å². The number of nitrogens with one attached hydrogen (secondary N) is 1. The molecule has 0 radical (unpaired) electrons. The quantitative estimate of drug-likeness (QED) is 0.371. The number of aryl methyl sites for hydroxylation is 1. The normalized spacial score (nSPS) is 20.5. The fourth-order valence-electron chi connectivity index (χ4n) is 2.55. The van der Waals surface area contributed by atoms with Gasteiger partial charge in [0.05, 0.1) is 0 Å². The average molecular weight is 683 g/mol. The maximum absolute atomic E-state index is 4.49. The minimum Gasteiger partial charge on any atom is -0.185 e. The molecule has 0 aromatic carbocycles. The Morgan fingerprint density at radius 1 is 1.15 bits per heavy atom. The van der Waals surface area contributed by atoms with E-state index in [1.807, 2.05) is 11.7 Å². The van der Waals surface area contributed by atoms with E-state index in [0.717, 1.165) is 9.85 Å². The molecule has 1 aromatic heterocycles. The van der Waals surface area contributed by atoms with Crippen LogP contribution in [0.25, 0.3) is 0 Å². The van der Waals surface area contributed by atoms with E-state index in [2.05, 4.69) is 76.5 Å². The molecule has 2 aliphatic carbocycles. The van der Waals surface area contributed by atoms with Crippen LogP contribution in [0.15, 0.2) is 0 Å². The molecule has 118 valence electrons. The molecule has 20 heavy (non-hydrogen) atoms. The van der Waals surface area contributed by atoms with Gasteiger partial charge in [0.25, 0.3) is 0 Å². The molecular weight excluding hydrogens is 661 g/mol. The summed E-state index contributed by atoms with van der Waals surface area (Å²) < 4.78 is 5.30. The first-order valence-electron chi connectivity index (χ1n) is 7.27. The summed E-state index contributed by atoms with van der Waals surface area (Å²) in [6, 6.07) is 0.890. The Kier molecular flexibility index (Phi) is 7.72. The SMILES string of the molecule is Cn1nc(C2CCCCC2)[nH][c]1=[Pt].IN(I)C1CCC1. The zero-order chi connectivity index (χ0) is 14.5. The molecular formula is C13H22I2N4Pt. The van der Waals surface area contributed by atoms with E-state index in [1.165, 1.54) is 57.2 Å². The Morgan fingerprint density at radius 3 is 2.15 bits per heavy atom. The molecule has 7 heteroatoms. The summed E-state index contributed by atoms with van der Waals surface area (Å²) in [5, 5.41) is 4.49. The number of H-pyrrole nitrogens is 1. The minimum absolute atomic E-state index is 0.684. The second-order valence-electron chi connectivity index (χ2n) is 5.57. The molecule has 0 amide bonds. The summed E-state index contributed by atoms with van der Waals surface area (Å²) >= 11 is 6.95. The molecule has 0 unspecified atom stereocenters. The van der Waals surface area contributed by atoms with Gasteiger partial charge >= 0.3 is 88.8 Å².